The molecule has 0 bridgehead atoms. The van der Waals surface area contributed by atoms with Gasteiger partial charge >= 0.3 is 0 Å². The Morgan fingerprint density at radius 1 is 1.23 bits per heavy atom. The van der Waals surface area contributed by atoms with Crippen LogP contribution < -0.4 is 10.1 Å². The van der Waals surface area contributed by atoms with Crippen LogP contribution in [-0.4, -0.2) is 23.8 Å². The molecule has 1 amide bonds. The minimum atomic E-state index is -0.0779. The topological polar surface area (TPSA) is 51.2 Å². The summed E-state index contributed by atoms with van der Waals surface area (Å²) in [6, 6.07) is 13.2. The van der Waals surface area contributed by atoms with Crippen LogP contribution in [0.4, 0.5) is 5.69 Å². The smallest absolute Gasteiger partial charge is 0.234 e. The number of thioether (sulfide) groups is 1. The molecule has 0 saturated heterocycles. The summed E-state index contributed by atoms with van der Waals surface area (Å²) >= 11 is 7.59. The number of amides is 1. The molecule has 0 aliphatic carbocycles. The van der Waals surface area contributed by atoms with Crippen LogP contribution >= 0.6 is 23.4 Å². The van der Waals surface area contributed by atoms with Gasteiger partial charge in [0, 0.05) is 26.7 Å². The van der Waals surface area contributed by atoms with Gasteiger partial charge in [0.15, 0.2) is 0 Å². The molecule has 0 spiro atoms. The normalized spacial score (nSPS) is 10.8. The van der Waals surface area contributed by atoms with Gasteiger partial charge in [-0.15, -0.1) is 11.8 Å². The van der Waals surface area contributed by atoms with Gasteiger partial charge in [-0.25, -0.2) is 0 Å². The highest BCUT2D eigenvalue weighted by molar-refractivity contribution is 8.00. The summed E-state index contributed by atoms with van der Waals surface area (Å²) in [4.78, 5) is 17.9. The summed E-state index contributed by atoms with van der Waals surface area (Å²) < 4.78 is 5.31. The molecule has 1 N–H and O–H groups in total. The number of carbonyl (C=O) groups excluding carboxylic acids is 1. The maximum absolute atomic E-state index is 12.4. The molecule has 26 heavy (non-hydrogen) atoms. The molecule has 6 heteroatoms. The fourth-order valence-corrected chi connectivity index (χ4v) is 3.72. The van der Waals surface area contributed by atoms with Crippen LogP contribution in [-0.2, 0) is 4.79 Å². The van der Waals surface area contributed by atoms with E-state index in [4.69, 9.17) is 16.3 Å². The van der Waals surface area contributed by atoms with E-state index in [1.54, 1.807) is 13.2 Å². The van der Waals surface area contributed by atoms with E-state index in [-0.39, 0.29) is 5.91 Å². The van der Waals surface area contributed by atoms with Crippen molar-refractivity contribution in [2.45, 2.75) is 18.7 Å². The van der Waals surface area contributed by atoms with Crippen molar-refractivity contribution in [2.75, 3.05) is 18.2 Å². The first-order valence-corrected chi connectivity index (χ1v) is 9.47. The van der Waals surface area contributed by atoms with Gasteiger partial charge in [0.1, 0.15) is 5.75 Å². The lowest BCUT2D eigenvalue weighted by Gasteiger charge is -2.11. The fraction of sp³-hybridized carbons (Fsp3) is 0.200. The van der Waals surface area contributed by atoms with Crippen molar-refractivity contribution in [3.05, 3.63) is 58.7 Å². The first-order valence-electron chi connectivity index (χ1n) is 8.11. The highest BCUT2D eigenvalue weighted by Gasteiger charge is 2.11. The predicted octanol–water partition coefficient (Wildman–Crippen LogP) is 5.24. The zero-order chi connectivity index (χ0) is 18.7. The SMILES string of the molecule is COc1ccc2nc(C)cc(SCC(=O)Nc3cccc(Cl)c3C)c2c1. The van der Waals surface area contributed by atoms with Crippen molar-refractivity contribution in [1.82, 2.24) is 4.98 Å². The number of hydrogen-bond acceptors (Lipinski definition) is 4. The van der Waals surface area contributed by atoms with Crippen molar-refractivity contribution in [1.29, 1.82) is 0 Å². The molecule has 0 unspecified atom stereocenters. The Morgan fingerprint density at radius 2 is 2.04 bits per heavy atom. The van der Waals surface area contributed by atoms with E-state index in [1.165, 1.54) is 11.8 Å². The Balaban J connectivity index is 1.78. The standard InChI is InChI=1S/C20H19ClN2O2S/c1-12-9-19(15-10-14(25-3)7-8-18(15)22-12)26-11-20(24)23-17-6-4-5-16(21)13(17)2/h4-10H,11H2,1-3H3,(H,23,24). The number of rotatable bonds is 5. The maximum Gasteiger partial charge on any atom is 0.234 e. The largest absolute Gasteiger partial charge is 0.497 e. The Morgan fingerprint density at radius 3 is 2.81 bits per heavy atom. The van der Waals surface area contributed by atoms with Crippen molar-refractivity contribution in [3.8, 4) is 5.75 Å². The highest BCUT2D eigenvalue weighted by Crippen LogP contribution is 2.31. The maximum atomic E-state index is 12.4. The Hall–Kier alpha value is -2.24. The van der Waals surface area contributed by atoms with Gasteiger partial charge in [-0.2, -0.15) is 0 Å². The summed E-state index contributed by atoms with van der Waals surface area (Å²) in [5.41, 5.74) is 3.40. The monoisotopic (exact) mass is 386 g/mol. The molecule has 0 atom stereocenters. The summed E-state index contributed by atoms with van der Waals surface area (Å²) in [5, 5.41) is 4.54. The number of hydrogen-bond donors (Lipinski definition) is 1. The zero-order valence-corrected chi connectivity index (χ0v) is 16.4. The minimum absolute atomic E-state index is 0.0779. The average Bonchev–Trinajstić information content (AvgIpc) is 2.63. The Kier molecular flexibility index (Phi) is 5.69. The minimum Gasteiger partial charge on any atom is -0.497 e. The van der Waals surface area contributed by atoms with Gasteiger partial charge in [-0.05, 0) is 55.8 Å². The van der Waals surface area contributed by atoms with E-state index >= 15 is 0 Å². The van der Waals surface area contributed by atoms with E-state index in [0.717, 1.165) is 38.5 Å². The van der Waals surface area contributed by atoms with Crippen LogP contribution in [0.15, 0.2) is 47.4 Å². The molecular formula is C20H19ClN2O2S. The predicted molar refractivity (Wildman–Crippen MR) is 109 cm³/mol. The molecular weight excluding hydrogens is 368 g/mol. The molecule has 0 radical (unpaired) electrons. The number of pyridine rings is 1. The second-order valence-corrected chi connectivity index (χ2v) is 7.32. The summed E-state index contributed by atoms with van der Waals surface area (Å²) in [5.74, 6) is 0.983. The van der Waals surface area contributed by atoms with Crippen molar-refractivity contribution >= 4 is 45.9 Å². The van der Waals surface area contributed by atoms with Gasteiger partial charge in [0.2, 0.25) is 5.91 Å². The van der Waals surface area contributed by atoms with E-state index in [1.807, 2.05) is 50.2 Å². The van der Waals surface area contributed by atoms with Gasteiger partial charge in [-0.3, -0.25) is 9.78 Å². The van der Waals surface area contributed by atoms with Crippen LogP contribution in [0.5, 0.6) is 5.75 Å². The van der Waals surface area contributed by atoms with E-state index in [0.29, 0.717) is 10.8 Å². The van der Waals surface area contributed by atoms with Crippen LogP contribution in [0, 0.1) is 13.8 Å². The van der Waals surface area contributed by atoms with Crippen molar-refractivity contribution < 1.29 is 9.53 Å². The lowest BCUT2D eigenvalue weighted by Crippen LogP contribution is -2.14. The zero-order valence-electron chi connectivity index (χ0n) is 14.8. The molecule has 0 fully saturated rings. The first kappa shape index (κ1) is 18.5. The van der Waals surface area contributed by atoms with Gasteiger partial charge in [0.05, 0.1) is 18.4 Å². The number of aryl methyl sites for hydroxylation is 1. The lowest BCUT2D eigenvalue weighted by molar-refractivity contribution is -0.113. The number of ether oxygens (including phenoxy) is 1. The number of methoxy groups -OCH3 is 1. The number of fused-ring (bicyclic) bond motifs is 1. The molecule has 0 aliphatic rings. The quantitative estimate of drug-likeness (QED) is 0.609. The van der Waals surface area contributed by atoms with Gasteiger partial charge in [0.25, 0.3) is 0 Å². The van der Waals surface area contributed by atoms with Crippen molar-refractivity contribution in [3.63, 3.8) is 0 Å². The summed E-state index contributed by atoms with van der Waals surface area (Å²) in [7, 11) is 1.64. The first-order chi connectivity index (χ1) is 12.5. The second-order valence-electron chi connectivity index (χ2n) is 5.89. The highest BCUT2D eigenvalue weighted by atomic mass is 35.5. The molecule has 0 saturated carbocycles. The van der Waals surface area contributed by atoms with Gasteiger partial charge < -0.3 is 10.1 Å². The number of halogens is 1. The third-order valence-corrected chi connectivity index (χ3v) is 5.47. The molecule has 2 aromatic carbocycles. The van der Waals surface area contributed by atoms with E-state index < -0.39 is 0 Å². The van der Waals surface area contributed by atoms with Crippen molar-refractivity contribution in [2.24, 2.45) is 0 Å². The Bertz CT molecular complexity index is 975. The summed E-state index contributed by atoms with van der Waals surface area (Å²) in [6.07, 6.45) is 0. The molecule has 3 aromatic rings. The fourth-order valence-electron chi connectivity index (χ4n) is 2.62. The van der Waals surface area contributed by atoms with Crippen LogP contribution in [0.3, 0.4) is 0 Å². The average molecular weight is 387 g/mol. The molecule has 0 aliphatic heterocycles. The number of carbonyl (C=O) groups is 1. The molecule has 4 nitrogen and oxygen atoms in total. The molecule has 3 rings (SSSR count). The number of aromatic nitrogens is 1. The number of nitrogens with zero attached hydrogens (tertiary/aromatic N) is 1. The molecule has 134 valence electrons. The van der Waals surface area contributed by atoms with E-state index in [2.05, 4.69) is 10.3 Å². The number of benzene rings is 2. The third kappa shape index (κ3) is 4.11. The lowest BCUT2D eigenvalue weighted by atomic mass is 10.2. The number of nitrogens with one attached hydrogen (secondary N) is 1. The van der Waals surface area contributed by atoms with Crippen LogP contribution in [0.1, 0.15) is 11.3 Å². The van der Waals surface area contributed by atoms with Crippen LogP contribution in [0.2, 0.25) is 5.02 Å². The molecule has 1 heterocycles. The number of anilines is 1. The van der Waals surface area contributed by atoms with E-state index in [9.17, 15) is 4.79 Å². The summed E-state index contributed by atoms with van der Waals surface area (Å²) in [6.45, 7) is 3.83. The Labute approximate surface area is 161 Å². The van der Waals surface area contributed by atoms with Crippen LogP contribution in [0.25, 0.3) is 10.9 Å². The van der Waals surface area contributed by atoms with Gasteiger partial charge in [-0.1, -0.05) is 17.7 Å². The molecule has 1 aromatic heterocycles. The third-order valence-electron chi connectivity index (χ3n) is 4.01. The second kappa shape index (κ2) is 7.98.